The Kier molecular flexibility index (Phi) is 2.22. The molecule has 0 N–H and O–H groups in total. The van der Waals surface area contributed by atoms with Crippen molar-refractivity contribution in [3.05, 3.63) is 23.9 Å². The number of hydrogen-bond donors (Lipinski definition) is 0. The topological polar surface area (TPSA) is 42.5 Å². The number of rotatable bonds is 1. The van der Waals surface area contributed by atoms with Crippen molar-refractivity contribution in [3.63, 3.8) is 0 Å². The fourth-order valence-corrected chi connectivity index (χ4v) is 1.58. The summed E-state index contributed by atoms with van der Waals surface area (Å²) in [7, 11) is 1.90. The molecule has 0 amide bonds. The van der Waals surface area contributed by atoms with E-state index in [4.69, 9.17) is 6.42 Å². The number of hydrogen-bond acceptors (Lipinski definition) is 3. The first-order chi connectivity index (χ1) is 7.22. The molecule has 0 spiro atoms. The van der Waals surface area contributed by atoms with Crippen molar-refractivity contribution in [1.82, 2.24) is 9.78 Å². The minimum Gasteiger partial charge on any atom is -0.268 e. The molecule has 4 nitrogen and oxygen atoms in total. The van der Waals surface area contributed by atoms with Gasteiger partial charge in [-0.15, -0.1) is 5.11 Å². The molecule has 0 aliphatic rings. The molecule has 0 saturated carbocycles. The van der Waals surface area contributed by atoms with Gasteiger partial charge in [0.25, 0.3) is 0 Å². The van der Waals surface area contributed by atoms with Crippen LogP contribution in [0.25, 0.3) is 10.9 Å². The van der Waals surface area contributed by atoms with Crippen LogP contribution >= 0.6 is 0 Å². The zero-order chi connectivity index (χ0) is 10.8. The van der Waals surface area contributed by atoms with Crippen LogP contribution in [0.15, 0.2) is 28.4 Å². The lowest BCUT2D eigenvalue weighted by Crippen LogP contribution is -1.88. The first-order valence-electron chi connectivity index (χ1n) is 4.52. The minimum absolute atomic E-state index is 0.739. The average Bonchev–Trinajstić information content (AvgIpc) is 2.52. The van der Waals surface area contributed by atoms with E-state index in [1.54, 1.807) is 0 Å². The van der Waals surface area contributed by atoms with Gasteiger partial charge in [-0.25, -0.2) is 0 Å². The summed E-state index contributed by atoms with van der Waals surface area (Å²) >= 11 is 0. The summed E-state index contributed by atoms with van der Waals surface area (Å²) in [6, 6.07) is 7.88. The SMILES string of the molecule is C#C/N=N/c1ccc2c(C)nn(C)c2c1. The van der Waals surface area contributed by atoms with Crippen molar-refractivity contribution in [3.8, 4) is 12.5 Å². The third-order valence-corrected chi connectivity index (χ3v) is 2.24. The van der Waals surface area contributed by atoms with Crippen LogP contribution in [-0.2, 0) is 7.05 Å². The van der Waals surface area contributed by atoms with Crippen LogP contribution in [-0.4, -0.2) is 9.78 Å². The second-order valence-electron chi connectivity index (χ2n) is 3.24. The maximum atomic E-state index is 5.00. The van der Waals surface area contributed by atoms with Crippen molar-refractivity contribution in [2.75, 3.05) is 0 Å². The highest BCUT2D eigenvalue weighted by molar-refractivity contribution is 5.84. The van der Waals surface area contributed by atoms with Crippen LogP contribution in [0, 0.1) is 19.4 Å². The van der Waals surface area contributed by atoms with Gasteiger partial charge < -0.3 is 0 Å². The molecule has 0 aliphatic carbocycles. The van der Waals surface area contributed by atoms with E-state index in [1.807, 2.05) is 36.9 Å². The average molecular weight is 198 g/mol. The Morgan fingerprint density at radius 2 is 2.27 bits per heavy atom. The van der Waals surface area contributed by atoms with E-state index in [-0.39, 0.29) is 0 Å². The van der Waals surface area contributed by atoms with E-state index in [1.165, 1.54) is 0 Å². The van der Waals surface area contributed by atoms with Gasteiger partial charge in [0.05, 0.1) is 22.9 Å². The Labute approximate surface area is 87.6 Å². The molecule has 4 heteroatoms. The molecule has 0 radical (unpaired) electrons. The largest absolute Gasteiger partial charge is 0.268 e. The number of nitrogens with zero attached hydrogens (tertiary/aromatic N) is 4. The molecular weight excluding hydrogens is 188 g/mol. The number of aryl methyl sites for hydroxylation is 2. The van der Waals surface area contributed by atoms with E-state index in [0.29, 0.717) is 0 Å². The smallest absolute Gasteiger partial charge is 0.0886 e. The highest BCUT2D eigenvalue weighted by Gasteiger charge is 2.04. The molecule has 0 saturated heterocycles. The van der Waals surface area contributed by atoms with Crippen LogP contribution in [0.3, 0.4) is 0 Å². The lowest BCUT2D eigenvalue weighted by atomic mass is 10.2. The summed E-state index contributed by atoms with van der Waals surface area (Å²) in [4.78, 5) is 0. The minimum atomic E-state index is 0.739. The van der Waals surface area contributed by atoms with Crippen LogP contribution in [0.1, 0.15) is 5.69 Å². The van der Waals surface area contributed by atoms with Crippen molar-refractivity contribution < 1.29 is 0 Å². The Hall–Kier alpha value is -2.15. The van der Waals surface area contributed by atoms with E-state index in [0.717, 1.165) is 22.3 Å². The standard InChI is InChI=1S/C11H10N4/c1-4-12-13-9-5-6-10-8(2)14-15(3)11(10)7-9/h1,5-7H,2-3H3/b13-12+. The Morgan fingerprint density at radius 3 is 3.00 bits per heavy atom. The summed E-state index contributed by atoms with van der Waals surface area (Å²) in [6.45, 7) is 1.98. The van der Waals surface area contributed by atoms with Crippen molar-refractivity contribution >= 4 is 16.6 Å². The molecule has 2 aromatic rings. The maximum absolute atomic E-state index is 5.00. The molecule has 2 rings (SSSR count). The van der Waals surface area contributed by atoms with Crippen molar-refractivity contribution in [1.29, 1.82) is 0 Å². The highest BCUT2D eigenvalue weighted by Crippen LogP contribution is 2.23. The maximum Gasteiger partial charge on any atom is 0.0886 e. The first-order valence-corrected chi connectivity index (χ1v) is 4.52. The van der Waals surface area contributed by atoms with Gasteiger partial charge in [-0.3, -0.25) is 4.68 Å². The summed E-state index contributed by atoms with van der Waals surface area (Å²) < 4.78 is 1.82. The molecule has 0 bridgehead atoms. The predicted molar refractivity (Wildman–Crippen MR) is 58.8 cm³/mol. The van der Waals surface area contributed by atoms with Gasteiger partial charge >= 0.3 is 0 Å². The second kappa shape index (κ2) is 3.54. The summed E-state index contributed by atoms with van der Waals surface area (Å²) in [6.07, 6.45) is 5.00. The summed E-state index contributed by atoms with van der Waals surface area (Å²) in [5.74, 6) is 0. The van der Waals surface area contributed by atoms with E-state index >= 15 is 0 Å². The quantitative estimate of drug-likeness (QED) is 0.513. The normalized spacial score (nSPS) is 11.0. The Balaban J connectivity index is 2.61. The molecule has 0 unspecified atom stereocenters. The first kappa shape index (κ1) is 9.41. The van der Waals surface area contributed by atoms with Crippen LogP contribution in [0.5, 0.6) is 0 Å². The molecule has 15 heavy (non-hydrogen) atoms. The van der Waals surface area contributed by atoms with Gasteiger partial charge in [-0.05, 0) is 25.1 Å². The second-order valence-corrected chi connectivity index (χ2v) is 3.24. The molecule has 1 aromatic carbocycles. The Morgan fingerprint density at radius 1 is 1.47 bits per heavy atom. The zero-order valence-corrected chi connectivity index (χ0v) is 8.60. The molecule has 0 atom stereocenters. The van der Waals surface area contributed by atoms with Gasteiger partial charge in [0.15, 0.2) is 0 Å². The van der Waals surface area contributed by atoms with Gasteiger partial charge in [0, 0.05) is 12.4 Å². The predicted octanol–water partition coefficient (Wildman–Crippen LogP) is 2.56. The molecular formula is C11H10N4. The zero-order valence-electron chi connectivity index (χ0n) is 8.60. The van der Waals surface area contributed by atoms with Gasteiger partial charge in [0.1, 0.15) is 0 Å². The van der Waals surface area contributed by atoms with E-state index in [2.05, 4.69) is 21.4 Å². The fourth-order valence-electron chi connectivity index (χ4n) is 1.58. The summed E-state index contributed by atoms with van der Waals surface area (Å²) in [5, 5.41) is 12.8. The third kappa shape index (κ3) is 1.59. The van der Waals surface area contributed by atoms with Crippen LogP contribution in [0.2, 0.25) is 0 Å². The highest BCUT2D eigenvalue weighted by atomic mass is 15.3. The van der Waals surface area contributed by atoms with E-state index in [9.17, 15) is 0 Å². The fraction of sp³-hybridized carbons (Fsp3) is 0.182. The van der Waals surface area contributed by atoms with Gasteiger partial charge in [0.2, 0.25) is 0 Å². The van der Waals surface area contributed by atoms with Crippen molar-refractivity contribution in [2.24, 2.45) is 17.3 Å². The lowest BCUT2D eigenvalue weighted by molar-refractivity contribution is 0.783. The monoisotopic (exact) mass is 198 g/mol. The number of aromatic nitrogens is 2. The summed E-state index contributed by atoms with van der Waals surface area (Å²) in [5.41, 5.74) is 2.78. The molecule has 74 valence electrons. The van der Waals surface area contributed by atoms with Crippen molar-refractivity contribution in [2.45, 2.75) is 6.92 Å². The number of fused-ring (bicyclic) bond motifs is 1. The molecule has 1 aromatic heterocycles. The third-order valence-electron chi connectivity index (χ3n) is 2.24. The molecule has 1 heterocycles. The van der Waals surface area contributed by atoms with Crippen LogP contribution < -0.4 is 0 Å². The van der Waals surface area contributed by atoms with Crippen LogP contribution in [0.4, 0.5) is 5.69 Å². The van der Waals surface area contributed by atoms with Gasteiger partial charge in [-0.2, -0.15) is 5.10 Å². The van der Waals surface area contributed by atoms with Gasteiger partial charge in [-0.1, -0.05) is 11.5 Å². The number of benzene rings is 1. The number of terminal acetylenes is 1. The molecule has 0 aliphatic heterocycles. The molecule has 0 fully saturated rings. The lowest BCUT2D eigenvalue weighted by Gasteiger charge is -1.94. The number of azo groups is 1. The Bertz CT molecular complexity index is 572. The van der Waals surface area contributed by atoms with E-state index < -0.39 is 0 Å².